The number of nitrogens with zero attached hydrogens (tertiary/aromatic N) is 1. The van der Waals surface area contributed by atoms with Crippen LogP contribution in [0.5, 0.6) is 11.5 Å². The fourth-order valence-electron chi connectivity index (χ4n) is 4.77. The lowest BCUT2D eigenvalue weighted by molar-refractivity contribution is -0.114. The summed E-state index contributed by atoms with van der Waals surface area (Å²) in [6.07, 6.45) is 5.23. The van der Waals surface area contributed by atoms with Gasteiger partial charge in [-0.15, -0.1) is 0 Å². The van der Waals surface area contributed by atoms with Crippen LogP contribution in [-0.2, 0) is 4.79 Å². The van der Waals surface area contributed by atoms with Gasteiger partial charge in [-0.1, -0.05) is 44.5 Å². The van der Waals surface area contributed by atoms with Gasteiger partial charge in [0.2, 0.25) is 0 Å². The number of fused-ring (bicyclic) bond motifs is 1. The van der Waals surface area contributed by atoms with Crippen LogP contribution < -0.4 is 19.7 Å². The first-order valence-corrected chi connectivity index (χ1v) is 13.1. The van der Waals surface area contributed by atoms with Crippen molar-refractivity contribution in [3.63, 3.8) is 0 Å². The molecule has 0 radical (unpaired) electrons. The summed E-state index contributed by atoms with van der Waals surface area (Å²) in [5.41, 5.74) is 2.18. The van der Waals surface area contributed by atoms with Crippen molar-refractivity contribution >= 4 is 35.3 Å². The summed E-state index contributed by atoms with van der Waals surface area (Å²) in [4.78, 5) is 29.4. The van der Waals surface area contributed by atoms with E-state index in [2.05, 4.69) is 19.2 Å². The number of nitrogens with one attached hydrogen (secondary N) is 1. The van der Waals surface area contributed by atoms with Crippen LogP contribution in [0.1, 0.15) is 56.0 Å². The summed E-state index contributed by atoms with van der Waals surface area (Å²) in [5.74, 6) is 2.18. The normalized spacial score (nSPS) is 23.1. The summed E-state index contributed by atoms with van der Waals surface area (Å²) in [6, 6.07) is 11.4. The first-order valence-electron chi connectivity index (χ1n) is 12.3. The predicted octanol–water partition coefficient (Wildman–Crippen LogP) is 5.76. The molecule has 0 spiro atoms. The van der Waals surface area contributed by atoms with Crippen molar-refractivity contribution in [1.82, 2.24) is 5.32 Å². The van der Waals surface area contributed by atoms with E-state index in [-0.39, 0.29) is 17.9 Å². The Bertz CT molecular complexity index is 1150. The Morgan fingerprint density at radius 1 is 1.17 bits per heavy atom. The maximum Gasteiger partial charge on any atom is 0.264 e. The van der Waals surface area contributed by atoms with Gasteiger partial charge in [0.1, 0.15) is 0 Å². The van der Waals surface area contributed by atoms with E-state index < -0.39 is 0 Å². The molecule has 2 amide bonds. The largest absolute Gasteiger partial charge is 0.493 e. The van der Waals surface area contributed by atoms with Crippen LogP contribution in [0.3, 0.4) is 0 Å². The Kier molecular flexibility index (Phi) is 7.75. The molecular formula is C28H34N2O4S. The number of carbonyl (C=O) groups is 2. The predicted molar refractivity (Wildman–Crippen MR) is 141 cm³/mol. The molecule has 0 unspecified atom stereocenters. The van der Waals surface area contributed by atoms with E-state index in [0.29, 0.717) is 40.4 Å². The van der Waals surface area contributed by atoms with E-state index in [0.717, 1.165) is 29.0 Å². The average Bonchev–Trinajstić information content (AvgIpc) is 2.86. The molecule has 3 atom stereocenters. The summed E-state index contributed by atoms with van der Waals surface area (Å²) in [5, 5.41) is 3.23. The molecule has 2 aliphatic rings. The minimum absolute atomic E-state index is 0.0765. The number of amides is 2. The van der Waals surface area contributed by atoms with Crippen LogP contribution in [0.15, 0.2) is 46.2 Å². The molecule has 1 saturated carbocycles. The maximum absolute atomic E-state index is 13.2. The molecule has 35 heavy (non-hydrogen) atoms. The highest BCUT2D eigenvalue weighted by Crippen LogP contribution is 2.42. The molecule has 2 aromatic rings. The highest BCUT2D eigenvalue weighted by Gasteiger charge is 2.30. The second-order valence-corrected chi connectivity index (χ2v) is 10.4. The summed E-state index contributed by atoms with van der Waals surface area (Å²) in [6.45, 7) is 6.95. The zero-order valence-corrected chi connectivity index (χ0v) is 21.9. The number of likely N-dealkylation sites (N-methyl/N-ethyl adjacent to an activating group) is 1. The lowest BCUT2D eigenvalue weighted by atomic mass is 9.78. The first kappa shape index (κ1) is 25.2. The second kappa shape index (κ2) is 10.8. The SMILES string of the molecule is CCOc1ccc(/C=C2/Sc3ccc(C(=O)N[C@@H]4CCC[C@H](C)[C@H]4C)cc3N(C)C2=O)cc1OC. The fourth-order valence-corrected chi connectivity index (χ4v) is 5.87. The van der Waals surface area contributed by atoms with Crippen LogP contribution in [0, 0.1) is 11.8 Å². The quantitative estimate of drug-likeness (QED) is 0.517. The fraction of sp³-hybridized carbons (Fsp3) is 0.429. The van der Waals surface area contributed by atoms with Crippen LogP contribution >= 0.6 is 11.8 Å². The monoisotopic (exact) mass is 494 g/mol. The number of anilines is 1. The molecule has 0 bridgehead atoms. The first-order chi connectivity index (χ1) is 16.8. The molecule has 1 fully saturated rings. The molecule has 1 N–H and O–H groups in total. The summed E-state index contributed by atoms with van der Waals surface area (Å²) < 4.78 is 11.0. The molecule has 2 aromatic carbocycles. The molecule has 7 heteroatoms. The van der Waals surface area contributed by atoms with Crippen LogP contribution in [0.2, 0.25) is 0 Å². The molecule has 0 aromatic heterocycles. The Hall–Kier alpha value is -2.93. The molecule has 186 valence electrons. The Balaban J connectivity index is 1.54. The van der Waals surface area contributed by atoms with Crippen LogP contribution in [0.25, 0.3) is 6.08 Å². The van der Waals surface area contributed by atoms with Gasteiger partial charge in [0.15, 0.2) is 11.5 Å². The maximum atomic E-state index is 13.2. The summed E-state index contributed by atoms with van der Waals surface area (Å²) in [7, 11) is 3.35. The van der Waals surface area contributed by atoms with Crippen molar-refractivity contribution < 1.29 is 19.1 Å². The Labute approximate surface area is 212 Å². The van der Waals surface area contributed by atoms with E-state index >= 15 is 0 Å². The molecule has 1 heterocycles. The van der Waals surface area contributed by atoms with E-state index in [1.54, 1.807) is 19.1 Å². The van der Waals surface area contributed by atoms with E-state index in [9.17, 15) is 9.59 Å². The second-order valence-electron chi connectivity index (χ2n) is 9.35. The lowest BCUT2D eigenvalue weighted by Gasteiger charge is -2.34. The van der Waals surface area contributed by atoms with Gasteiger partial charge in [0.25, 0.3) is 11.8 Å². The lowest BCUT2D eigenvalue weighted by Crippen LogP contribution is -2.43. The Morgan fingerprint density at radius 3 is 2.71 bits per heavy atom. The van der Waals surface area contributed by atoms with Gasteiger partial charge in [0, 0.05) is 23.5 Å². The van der Waals surface area contributed by atoms with Crippen molar-refractivity contribution in [3.05, 3.63) is 52.4 Å². The van der Waals surface area contributed by atoms with Crippen molar-refractivity contribution in [2.75, 3.05) is 25.7 Å². The molecule has 1 aliphatic carbocycles. The minimum Gasteiger partial charge on any atom is -0.493 e. The topological polar surface area (TPSA) is 67.9 Å². The van der Waals surface area contributed by atoms with Crippen LogP contribution in [0.4, 0.5) is 5.69 Å². The van der Waals surface area contributed by atoms with Crippen LogP contribution in [-0.4, -0.2) is 38.6 Å². The number of thioether (sulfide) groups is 1. The van der Waals surface area contributed by atoms with Gasteiger partial charge in [-0.3, -0.25) is 9.59 Å². The van der Waals surface area contributed by atoms with Gasteiger partial charge >= 0.3 is 0 Å². The number of hydrogen-bond acceptors (Lipinski definition) is 5. The number of benzene rings is 2. The zero-order valence-electron chi connectivity index (χ0n) is 21.1. The molecule has 1 aliphatic heterocycles. The van der Waals surface area contributed by atoms with E-state index in [4.69, 9.17) is 9.47 Å². The summed E-state index contributed by atoms with van der Waals surface area (Å²) >= 11 is 1.41. The molecule has 0 saturated heterocycles. The Morgan fingerprint density at radius 2 is 1.97 bits per heavy atom. The highest BCUT2D eigenvalue weighted by atomic mass is 32.2. The van der Waals surface area contributed by atoms with E-state index in [1.807, 2.05) is 49.4 Å². The standard InChI is InChI=1S/C28H34N2O4S/c1-6-34-23-12-10-19(14-24(23)33-5)15-26-28(32)30(4)22-16-20(11-13-25(22)35-26)27(31)29-21-9-7-8-17(2)18(21)3/h10-18,21H,6-9H2,1-5H3,(H,29,31)/b26-15+/t17-,18+,21+/m0/s1. The zero-order chi connectivity index (χ0) is 25.1. The highest BCUT2D eigenvalue weighted by molar-refractivity contribution is 8.04. The number of ether oxygens (including phenoxy) is 2. The number of carbonyl (C=O) groups excluding carboxylic acids is 2. The van der Waals surface area contributed by atoms with E-state index in [1.165, 1.54) is 18.2 Å². The van der Waals surface area contributed by atoms with Gasteiger partial charge in [0.05, 0.1) is 24.3 Å². The number of methoxy groups -OCH3 is 1. The third-order valence-electron chi connectivity index (χ3n) is 7.13. The third kappa shape index (κ3) is 5.35. The van der Waals surface area contributed by atoms with Gasteiger partial charge in [-0.05, 0) is 67.2 Å². The number of rotatable bonds is 6. The molecular weight excluding hydrogens is 460 g/mol. The van der Waals surface area contributed by atoms with Gasteiger partial charge in [-0.25, -0.2) is 0 Å². The van der Waals surface area contributed by atoms with Crippen molar-refractivity contribution in [2.24, 2.45) is 11.8 Å². The average molecular weight is 495 g/mol. The molecule has 6 nitrogen and oxygen atoms in total. The number of hydrogen-bond donors (Lipinski definition) is 1. The van der Waals surface area contributed by atoms with Crippen molar-refractivity contribution in [1.29, 1.82) is 0 Å². The van der Waals surface area contributed by atoms with Gasteiger partial charge < -0.3 is 19.7 Å². The third-order valence-corrected chi connectivity index (χ3v) is 8.20. The minimum atomic E-state index is -0.109. The molecule has 4 rings (SSSR count). The van der Waals surface area contributed by atoms with Gasteiger partial charge in [-0.2, -0.15) is 0 Å². The smallest absolute Gasteiger partial charge is 0.264 e. The van der Waals surface area contributed by atoms with Crippen molar-refractivity contribution in [3.8, 4) is 11.5 Å². The van der Waals surface area contributed by atoms with Crippen molar-refractivity contribution in [2.45, 2.75) is 51.0 Å².